The highest BCUT2D eigenvalue weighted by atomic mass is 79.9. The number of anilines is 1. The Balaban J connectivity index is 2.28. The minimum absolute atomic E-state index is 0.0496. The Morgan fingerprint density at radius 1 is 1.56 bits per heavy atom. The lowest BCUT2D eigenvalue weighted by Crippen LogP contribution is -2.07. The van der Waals surface area contributed by atoms with Gasteiger partial charge in [-0.25, -0.2) is 0 Å². The van der Waals surface area contributed by atoms with Crippen LogP contribution < -0.4 is 5.32 Å². The first-order valence-electron chi connectivity index (χ1n) is 5.27. The number of H-pyrrole nitrogens is 1. The summed E-state index contributed by atoms with van der Waals surface area (Å²) in [6, 6.07) is 4.73. The molecule has 0 amide bonds. The van der Waals surface area contributed by atoms with Crippen molar-refractivity contribution in [1.82, 2.24) is 10.2 Å². The van der Waals surface area contributed by atoms with Crippen LogP contribution >= 0.6 is 15.9 Å². The molecule has 2 aromatic rings. The van der Waals surface area contributed by atoms with Gasteiger partial charge in [0.2, 0.25) is 0 Å². The van der Waals surface area contributed by atoms with Gasteiger partial charge in [0.25, 0.3) is 5.69 Å². The average Bonchev–Trinajstić information content (AvgIpc) is 2.81. The summed E-state index contributed by atoms with van der Waals surface area (Å²) in [5.41, 5.74) is 1.46. The fourth-order valence-corrected chi connectivity index (χ4v) is 1.96. The zero-order chi connectivity index (χ0) is 13.1. The van der Waals surface area contributed by atoms with Gasteiger partial charge < -0.3 is 5.32 Å². The average molecular weight is 311 g/mol. The zero-order valence-corrected chi connectivity index (χ0v) is 11.1. The van der Waals surface area contributed by atoms with Crippen LogP contribution in [-0.4, -0.2) is 15.1 Å². The van der Waals surface area contributed by atoms with Crippen molar-refractivity contribution in [2.45, 2.75) is 13.0 Å². The Morgan fingerprint density at radius 3 is 2.94 bits per heavy atom. The van der Waals surface area contributed by atoms with Crippen molar-refractivity contribution in [3.63, 3.8) is 0 Å². The molecule has 2 N–H and O–H groups in total. The highest BCUT2D eigenvalue weighted by Crippen LogP contribution is 2.30. The Labute approximate surface area is 112 Å². The Hall–Kier alpha value is -1.89. The minimum atomic E-state index is -0.406. The topological polar surface area (TPSA) is 83.8 Å². The van der Waals surface area contributed by atoms with Crippen molar-refractivity contribution >= 4 is 27.3 Å². The molecule has 0 fully saturated rings. The molecule has 6 nitrogen and oxygen atoms in total. The molecule has 0 bridgehead atoms. The van der Waals surface area contributed by atoms with E-state index in [1.54, 1.807) is 24.5 Å². The number of hydrogen-bond acceptors (Lipinski definition) is 4. The van der Waals surface area contributed by atoms with Gasteiger partial charge in [-0.05, 0) is 19.1 Å². The van der Waals surface area contributed by atoms with Crippen LogP contribution in [0.2, 0.25) is 0 Å². The van der Waals surface area contributed by atoms with E-state index in [9.17, 15) is 10.1 Å². The highest BCUT2D eigenvalue weighted by molar-refractivity contribution is 9.10. The summed E-state index contributed by atoms with van der Waals surface area (Å²) in [5.74, 6) is 0. The van der Waals surface area contributed by atoms with Crippen LogP contribution in [0.4, 0.5) is 11.4 Å². The molecular formula is C11H11BrN4O2. The van der Waals surface area contributed by atoms with E-state index in [1.165, 1.54) is 6.07 Å². The number of nitrogens with zero attached hydrogens (tertiary/aromatic N) is 2. The molecule has 1 unspecified atom stereocenters. The summed E-state index contributed by atoms with van der Waals surface area (Å²) < 4.78 is 0.787. The van der Waals surface area contributed by atoms with Crippen LogP contribution in [0.15, 0.2) is 35.1 Å². The molecule has 1 heterocycles. The molecule has 0 spiro atoms. The van der Waals surface area contributed by atoms with Gasteiger partial charge in [-0.1, -0.05) is 15.9 Å². The molecule has 1 aromatic carbocycles. The van der Waals surface area contributed by atoms with Gasteiger partial charge in [0, 0.05) is 22.3 Å². The van der Waals surface area contributed by atoms with Crippen LogP contribution in [-0.2, 0) is 0 Å². The largest absolute Gasteiger partial charge is 0.373 e. The maximum absolute atomic E-state index is 10.9. The maximum Gasteiger partial charge on any atom is 0.292 e. The van der Waals surface area contributed by atoms with Gasteiger partial charge in [0.05, 0.1) is 17.2 Å². The number of benzene rings is 1. The third-order valence-electron chi connectivity index (χ3n) is 2.55. The van der Waals surface area contributed by atoms with Crippen LogP contribution in [0.5, 0.6) is 0 Å². The van der Waals surface area contributed by atoms with Crippen molar-refractivity contribution in [2.75, 3.05) is 5.32 Å². The predicted octanol–water partition coefficient (Wildman–Crippen LogP) is 3.25. The molecule has 0 saturated heterocycles. The smallest absolute Gasteiger partial charge is 0.292 e. The van der Waals surface area contributed by atoms with E-state index >= 15 is 0 Å². The van der Waals surface area contributed by atoms with Crippen LogP contribution in [0.1, 0.15) is 18.5 Å². The predicted molar refractivity (Wildman–Crippen MR) is 71.4 cm³/mol. The highest BCUT2D eigenvalue weighted by Gasteiger charge is 2.16. The molecule has 0 aliphatic carbocycles. The molecular weight excluding hydrogens is 300 g/mol. The Morgan fingerprint density at radius 2 is 2.33 bits per heavy atom. The molecule has 1 atom stereocenters. The number of aromatic nitrogens is 2. The third kappa shape index (κ3) is 2.67. The zero-order valence-electron chi connectivity index (χ0n) is 9.55. The lowest BCUT2D eigenvalue weighted by atomic mass is 10.1. The van der Waals surface area contributed by atoms with Gasteiger partial charge in [-0.2, -0.15) is 5.10 Å². The quantitative estimate of drug-likeness (QED) is 0.670. The third-order valence-corrected chi connectivity index (χ3v) is 3.04. The molecule has 1 aromatic heterocycles. The van der Waals surface area contributed by atoms with E-state index in [1.807, 2.05) is 6.92 Å². The minimum Gasteiger partial charge on any atom is -0.373 e. The molecule has 18 heavy (non-hydrogen) atoms. The first-order valence-corrected chi connectivity index (χ1v) is 6.06. The van der Waals surface area contributed by atoms with Gasteiger partial charge in [0.1, 0.15) is 5.69 Å². The Bertz CT molecular complexity index is 556. The van der Waals surface area contributed by atoms with E-state index in [0.717, 1.165) is 10.0 Å². The molecule has 0 aliphatic heterocycles. The van der Waals surface area contributed by atoms with Gasteiger partial charge >= 0.3 is 0 Å². The summed E-state index contributed by atoms with van der Waals surface area (Å²) in [4.78, 5) is 10.5. The number of hydrogen-bond donors (Lipinski definition) is 2. The van der Waals surface area contributed by atoms with Crippen LogP contribution in [0.25, 0.3) is 0 Å². The fourth-order valence-electron chi connectivity index (χ4n) is 1.60. The summed E-state index contributed by atoms with van der Waals surface area (Å²) in [6.45, 7) is 1.91. The lowest BCUT2D eigenvalue weighted by molar-refractivity contribution is -0.384. The summed E-state index contributed by atoms with van der Waals surface area (Å²) in [5, 5.41) is 20.6. The van der Waals surface area contributed by atoms with E-state index in [4.69, 9.17) is 0 Å². The molecule has 7 heteroatoms. The number of nitrogens with one attached hydrogen (secondary N) is 2. The number of nitro groups is 1. The van der Waals surface area contributed by atoms with E-state index in [-0.39, 0.29) is 11.7 Å². The second-order valence-corrected chi connectivity index (χ2v) is 4.73. The standard InChI is InChI=1S/C11H11BrN4O2/c1-7(8-5-13-14-6-8)15-10-4-9(12)2-3-11(10)16(17)18/h2-7,15H,1H3,(H,13,14). The van der Waals surface area contributed by atoms with Crippen molar-refractivity contribution in [3.8, 4) is 0 Å². The van der Waals surface area contributed by atoms with Crippen molar-refractivity contribution in [2.24, 2.45) is 0 Å². The first kappa shape index (κ1) is 12.6. The molecule has 0 aliphatic rings. The van der Waals surface area contributed by atoms with Crippen molar-refractivity contribution < 1.29 is 4.92 Å². The summed E-state index contributed by atoms with van der Waals surface area (Å²) in [7, 11) is 0. The number of aromatic amines is 1. The SMILES string of the molecule is CC(Nc1cc(Br)ccc1[N+](=O)[O-])c1cn[nH]c1. The summed E-state index contributed by atoms with van der Waals surface area (Å²) >= 11 is 3.30. The normalized spacial score (nSPS) is 12.1. The van der Waals surface area contributed by atoms with Crippen LogP contribution in [0, 0.1) is 10.1 Å². The molecule has 0 saturated carbocycles. The fraction of sp³-hybridized carbons (Fsp3) is 0.182. The number of rotatable bonds is 4. The van der Waals surface area contributed by atoms with Gasteiger partial charge in [-0.3, -0.25) is 15.2 Å². The van der Waals surface area contributed by atoms with Crippen molar-refractivity contribution in [1.29, 1.82) is 0 Å². The number of nitro benzene ring substituents is 1. The van der Waals surface area contributed by atoms with Gasteiger partial charge in [-0.15, -0.1) is 0 Å². The summed E-state index contributed by atoms with van der Waals surface area (Å²) in [6.07, 6.45) is 3.43. The second kappa shape index (κ2) is 5.18. The second-order valence-electron chi connectivity index (χ2n) is 3.82. The monoisotopic (exact) mass is 310 g/mol. The molecule has 94 valence electrons. The maximum atomic E-state index is 10.9. The molecule has 2 rings (SSSR count). The van der Waals surface area contributed by atoms with E-state index in [2.05, 4.69) is 31.4 Å². The van der Waals surface area contributed by atoms with E-state index < -0.39 is 4.92 Å². The van der Waals surface area contributed by atoms with Crippen molar-refractivity contribution in [3.05, 3.63) is 50.7 Å². The number of halogens is 1. The Kier molecular flexibility index (Phi) is 3.61. The van der Waals surface area contributed by atoms with E-state index in [0.29, 0.717) is 5.69 Å². The van der Waals surface area contributed by atoms with Crippen LogP contribution in [0.3, 0.4) is 0 Å². The molecule has 0 radical (unpaired) electrons. The van der Waals surface area contributed by atoms with Gasteiger partial charge in [0.15, 0.2) is 0 Å². The first-order chi connectivity index (χ1) is 8.58. The lowest BCUT2D eigenvalue weighted by Gasteiger charge is -2.13.